The first-order valence-electron chi connectivity index (χ1n) is 5.90. The molecule has 1 amide bonds. The summed E-state index contributed by atoms with van der Waals surface area (Å²) < 4.78 is 0. The summed E-state index contributed by atoms with van der Waals surface area (Å²) in [6.45, 7) is 0.509. The highest BCUT2D eigenvalue weighted by Crippen LogP contribution is 2.11. The van der Waals surface area contributed by atoms with E-state index in [1.807, 2.05) is 24.3 Å². The molecule has 1 heterocycles. The van der Waals surface area contributed by atoms with Gasteiger partial charge < -0.3 is 11.1 Å². The molecular formula is C14H14ClN3O. The summed E-state index contributed by atoms with van der Waals surface area (Å²) in [5, 5.41) is 3.48. The van der Waals surface area contributed by atoms with Crippen molar-refractivity contribution >= 4 is 23.2 Å². The molecule has 2 aromatic rings. The monoisotopic (exact) mass is 275 g/mol. The number of hydrogen-bond donors (Lipinski definition) is 2. The number of nitrogens with two attached hydrogens (primary N) is 1. The molecule has 1 aromatic carbocycles. The van der Waals surface area contributed by atoms with E-state index in [2.05, 4.69) is 10.3 Å². The van der Waals surface area contributed by atoms with Gasteiger partial charge in [-0.3, -0.25) is 4.79 Å². The normalized spacial score (nSPS) is 10.2. The Morgan fingerprint density at radius 3 is 2.89 bits per heavy atom. The number of nitrogens with zero attached hydrogens (tertiary/aromatic N) is 1. The maximum absolute atomic E-state index is 11.8. The molecule has 0 saturated carbocycles. The number of carbonyl (C=O) groups excluding carboxylic acids is 1. The minimum absolute atomic E-state index is 0.258. The number of rotatable bonds is 4. The number of benzene rings is 1. The highest BCUT2D eigenvalue weighted by Gasteiger charge is 2.09. The third-order valence-corrected chi connectivity index (χ3v) is 2.88. The maximum Gasteiger partial charge on any atom is 0.272 e. The molecule has 98 valence electrons. The molecular weight excluding hydrogens is 262 g/mol. The Morgan fingerprint density at radius 2 is 2.16 bits per heavy atom. The zero-order valence-corrected chi connectivity index (χ0v) is 11.0. The van der Waals surface area contributed by atoms with Crippen molar-refractivity contribution in [3.05, 3.63) is 58.9 Å². The van der Waals surface area contributed by atoms with E-state index in [-0.39, 0.29) is 11.6 Å². The van der Waals surface area contributed by atoms with Crippen LogP contribution in [0.25, 0.3) is 0 Å². The molecule has 0 spiro atoms. The first kappa shape index (κ1) is 13.4. The molecule has 0 aliphatic heterocycles. The Balaban J connectivity index is 1.90. The van der Waals surface area contributed by atoms with Crippen molar-refractivity contribution in [1.29, 1.82) is 0 Å². The van der Waals surface area contributed by atoms with Gasteiger partial charge in [0.1, 0.15) is 0 Å². The minimum atomic E-state index is -0.264. The van der Waals surface area contributed by atoms with Crippen LogP contribution in [0.3, 0.4) is 0 Å². The molecule has 3 N–H and O–H groups in total. The van der Waals surface area contributed by atoms with Crippen LogP contribution in [0.1, 0.15) is 16.1 Å². The minimum Gasteiger partial charge on any atom is -0.397 e. The summed E-state index contributed by atoms with van der Waals surface area (Å²) in [7, 11) is 0. The molecule has 4 nitrogen and oxygen atoms in total. The fraction of sp³-hybridized carbons (Fsp3) is 0.143. The van der Waals surface area contributed by atoms with Crippen LogP contribution in [0.15, 0.2) is 42.6 Å². The standard InChI is InChI=1S/C14H14ClN3O/c15-11-4-1-3-10(9-11)6-8-18-14(19)13-12(16)5-2-7-17-13/h1-5,7,9H,6,8,16H2,(H,18,19). The van der Waals surface area contributed by atoms with Crippen molar-refractivity contribution in [3.63, 3.8) is 0 Å². The molecule has 0 unspecified atom stereocenters. The molecule has 5 heteroatoms. The Labute approximate surface area is 116 Å². The van der Waals surface area contributed by atoms with Crippen LogP contribution in [-0.4, -0.2) is 17.4 Å². The lowest BCUT2D eigenvalue weighted by Gasteiger charge is -2.06. The third-order valence-electron chi connectivity index (χ3n) is 2.64. The van der Waals surface area contributed by atoms with Gasteiger partial charge in [-0.25, -0.2) is 4.98 Å². The van der Waals surface area contributed by atoms with Gasteiger partial charge in [0, 0.05) is 17.8 Å². The number of aromatic nitrogens is 1. The van der Waals surface area contributed by atoms with Gasteiger partial charge >= 0.3 is 0 Å². The molecule has 0 fully saturated rings. The van der Waals surface area contributed by atoms with Gasteiger partial charge in [-0.1, -0.05) is 23.7 Å². The number of halogens is 1. The number of anilines is 1. The summed E-state index contributed by atoms with van der Waals surface area (Å²) in [4.78, 5) is 15.8. The lowest BCUT2D eigenvalue weighted by Crippen LogP contribution is -2.27. The molecule has 0 aliphatic carbocycles. The Morgan fingerprint density at radius 1 is 1.32 bits per heavy atom. The van der Waals surface area contributed by atoms with Gasteiger partial charge in [0.2, 0.25) is 0 Å². The Bertz CT molecular complexity index is 586. The number of amides is 1. The first-order chi connectivity index (χ1) is 9.16. The van der Waals surface area contributed by atoms with Gasteiger partial charge in [0.05, 0.1) is 5.69 Å². The zero-order chi connectivity index (χ0) is 13.7. The zero-order valence-electron chi connectivity index (χ0n) is 10.3. The van der Waals surface area contributed by atoms with Crippen molar-refractivity contribution in [2.45, 2.75) is 6.42 Å². The van der Waals surface area contributed by atoms with E-state index in [9.17, 15) is 4.79 Å². The smallest absolute Gasteiger partial charge is 0.272 e. The van der Waals surface area contributed by atoms with Crippen LogP contribution in [-0.2, 0) is 6.42 Å². The lowest BCUT2D eigenvalue weighted by molar-refractivity contribution is 0.0950. The number of nitrogens with one attached hydrogen (secondary N) is 1. The van der Waals surface area contributed by atoms with Gasteiger partial charge in [-0.15, -0.1) is 0 Å². The molecule has 0 atom stereocenters. The van der Waals surface area contributed by atoms with Crippen molar-refractivity contribution in [2.24, 2.45) is 0 Å². The van der Waals surface area contributed by atoms with Crippen LogP contribution in [0, 0.1) is 0 Å². The molecule has 2 rings (SSSR count). The number of pyridine rings is 1. The fourth-order valence-electron chi connectivity index (χ4n) is 1.70. The summed E-state index contributed by atoms with van der Waals surface area (Å²) in [5.41, 5.74) is 7.39. The second kappa shape index (κ2) is 6.20. The second-order valence-corrected chi connectivity index (χ2v) is 4.51. The van der Waals surface area contributed by atoms with Crippen molar-refractivity contribution in [3.8, 4) is 0 Å². The molecule has 0 saturated heterocycles. The van der Waals surface area contributed by atoms with Crippen LogP contribution >= 0.6 is 11.6 Å². The van der Waals surface area contributed by atoms with Gasteiger partial charge in [0.25, 0.3) is 5.91 Å². The number of carbonyl (C=O) groups is 1. The highest BCUT2D eigenvalue weighted by atomic mass is 35.5. The van der Waals surface area contributed by atoms with Crippen LogP contribution in [0.5, 0.6) is 0 Å². The molecule has 0 radical (unpaired) electrons. The summed E-state index contributed by atoms with van der Waals surface area (Å²) >= 11 is 5.89. The maximum atomic E-state index is 11.8. The van der Waals surface area contributed by atoms with Crippen LogP contribution < -0.4 is 11.1 Å². The Kier molecular flexibility index (Phi) is 4.36. The largest absolute Gasteiger partial charge is 0.397 e. The molecule has 0 aliphatic rings. The molecule has 19 heavy (non-hydrogen) atoms. The number of nitrogen functional groups attached to an aromatic ring is 1. The van der Waals surface area contributed by atoms with E-state index in [0.29, 0.717) is 23.7 Å². The van der Waals surface area contributed by atoms with Gasteiger partial charge in [0.15, 0.2) is 5.69 Å². The van der Waals surface area contributed by atoms with Crippen molar-refractivity contribution in [2.75, 3.05) is 12.3 Å². The number of hydrogen-bond acceptors (Lipinski definition) is 3. The Hall–Kier alpha value is -2.07. The van der Waals surface area contributed by atoms with E-state index in [1.54, 1.807) is 18.3 Å². The van der Waals surface area contributed by atoms with E-state index in [1.165, 1.54) is 0 Å². The molecule has 1 aromatic heterocycles. The van der Waals surface area contributed by atoms with Crippen LogP contribution in [0.4, 0.5) is 5.69 Å². The SMILES string of the molecule is Nc1cccnc1C(=O)NCCc1cccc(Cl)c1. The van der Waals surface area contributed by atoms with Gasteiger partial charge in [-0.2, -0.15) is 0 Å². The fourth-order valence-corrected chi connectivity index (χ4v) is 1.92. The van der Waals surface area contributed by atoms with E-state index >= 15 is 0 Å². The van der Waals surface area contributed by atoms with Crippen LogP contribution in [0.2, 0.25) is 5.02 Å². The predicted octanol–water partition coefficient (Wildman–Crippen LogP) is 2.29. The summed E-state index contributed by atoms with van der Waals surface area (Å²) in [5.74, 6) is -0.264. The first-order valence-corrected chi connectivity index (χ1v) is 6.28. The van der Waals surface area contributed by atoms with E-state index < -0.39 is 0 Å². The highest BCUT2D eigenvalue weighted by molar-refractivity contribution is 6.30. The average molecular weight is 276 g/mol. The predicted molar refractivity (Wildman–Crippen MR) is 76.1 cm³/mol. The van der Waals surface area contributed by atoms with E-state index in [0.717, 1.165) is 5.56 Å². The quantitative estimate of drug-likeness (QED) is 0.900. The average Bonchev–Trinajstić information content (AvgIpc) is 2.39. The summed E-state index contributed by atoms with van der Waals surface area (Å²) in [6, 6.07) is 10.9. The summed E-state index contributed by atoms with van der Waals surface area (Å²) in [6.07, 6.45) is 2.25. The molecule has 0 bridgehead atoms. The van der Waals surface area contributed by atoms with Crippen molar-refractivity contribution < 1.29 is 4.79 Å². The van der Waals surface area contributed by atoms with Gasteiger partial charge in [-0.05, 0) is 36.2 Å². The third kappa shape index (κ3) is 3.69. The van der Waals surface area contributed by atoms with Crippen molar-refractivity contribution in [1.82, 2.24) is 10.3 Å². The lowest BCUT2D eigenvalue weighted by atomic mass is 10.1. The topological polar surface area (TPSA) is 68.0 Å². The second-order valence-electron chi connectivity index (χ2n) is 4.08. The van der Waals surface area contributed by atoms with E-state index in [4.69, 9.17) is 17.3 Å².